The minimum atomic E-state index is -0.658. The van der Waals surface area contributed by atoms with Gasteiger partial charge in [-0.1, -0.05) is 0 Å². The van der Waals surface area contributed by atoms with Crippen molar-refractivity contribution in [3.8, 4) is 5.75 Å². The lowest BCUT2D eigenvalue weighted by Crippen LogP contribution is -2.42. The number of rotatable bonds is 9. The Hall–Kier alpha value is -2.22. The summed E-state index contributed by atoms with van der Waals surface area (Å²) >= 11 is 1.61. The van der Waals surface area contributed by atoms with Gasteiger partial charge in [-0.2, -0.15) is 11.8 Å². The van der Waals surface area contributed by atoms with Crippen LogP contribution in [0.15, 0.2) is 24.3 Å². The molecule has 0 spiro atoms. The van der Waals surface area contributed by atoms with Gasteiger partial charge in [-0.3, -0.25) is 9.59 Å². The van der Waals surface area contributed by atoms with Crippen LogP contribution in [-0.2, 0) is 14.3 Å². The SMILES string of the molecule is COC(=O)[C@@H](CCSC)NC(=O)c1ccc(OC2CCN(C(=O)C3CC3)CC2)cc1. The summed E-state index contributed by atoms with van der Waals surface area (Å²) in [7, 11) is 1.32. The number of carbonyl (C=O) groups excluding carboxylic acids is 3. The molecule has 0 bridgehead atoms. The van der Waals surface area contributed by atoms with E-state index in [4.69, 9.17) is 9.47 Å². The molecule has 2 amide bonds. The van der Waals surface area contributed by atoms with Crippen molar-refractivity contribution in [2.75, 3.05) is 32.2 Å². The fourth-order valence-corrected chi connectivity index (χ4v) is 4.00. The number of nitrogens with zero attached hydrogens (tertiary/aromatic N) is 1. The van der Waals surface area contributed by atoms with E-state index in [-0.39, 0.29) is 17.9 Å². The normalized spacial score (nSPS) is 17.9. The highest BCUT2D eigenvalue weighted by Crippen LogP contribution is 2.32. The molecule has 8 heteroatoms. The molecular formula is C22H30N2O5S. The van der Waals surface area contributed by atoms with Crippen LogP contribution in [0.4, 0.5) is 0 Å². The van der Waals surface area contributed by atoms with Crippen LogP contribution in [0.25, 0.3) is 0 Å². The van der Waals surface area contributed by atoms with Crippen molar-refractivity contribution in [1.82, 2.24) is 10.2 Å². The number of nitrogens with one attached hydrogen (secondary N) is 1. The zero-order valence-electron chi connectivity index (χ0n) is 17.6. The lowest BCUT2D eigenvalue weighted by Gasteiger charge is -2.32. The molecule has 1 aromatic carbocycles. The lowest BCUT2D eigenvalue weighted by atomic mass is 10.1. The van der Waals surface area contributed by atoms with Gasteiger partial charge in [0.15, 0.2) is 0 Å². The van der Waals surface area contributed by atoms with Gasteiger partial charge in [-0.05, 0) is 55.5 Å². The highest BCUT2D eigenvalue weighted by molar-refractivity contribution is 7.98. The van der Waals surface area contributed by atoms with Crippen LogP contribution in [0.3, 0.4) is 0 Å². The standard InChI is InChI=1S/C22H30N2O5S/c1-28-22(27)19(11-14-30-2)23-20(25)15-5-7-17(8-6-15)29-18-9-12-24(13-10-18)21(26)16-3-4-16/h5-8,16,18-19H,3-4,9-14H2,1-2H3,(H,23,25)/t19-/m1/s1. The molecule has 2 fully saturated rings. The Bertz CT molecular complexity index is 742. The maximum Gasteiger partial charge on any atom is 0.328 e. The highest BCUT2D eigenvalue weighted by Gasteiger charge is 2.35. The molecule has 1 saturated carbocycles. The summed E-state index contributed by atoms with van der Waals surface area (Å²) in [4.78, 5) is 38.5. The average Bonchev–Trinajstić information content (AvgIpc) is 3.62. The largest absolute Gasteiger partial charge is 0.490 e. The van der Waals surface area contributed by atoms with Gasteiger partial charge in [0, 0.05) is 37.4 Å². The van der Waals surface area contributed by atoms with E-state index in [0.717, 1.165) is 44.5 Å². The molecule has 1 atom stereocenters. The lowest BCUT2D eigenvalue weighted by molar-refractivity contribution is -0.143. The average molecular weight is 435 g/mol. The monoisotopic (exact) mass is 434 g/mol. The first-order chi connectivity index (χ1) is 14.5. The Labute approximate surface area is 181 Å². The van der Waals surface area contributed by atoms with Gasteiger partial charge in [0.1, 0.15) is 17.9 Å². The first-order valence-electron chi connectivity index (χ1n) is 10.4. The third kappa shape index (κ3) is 6.14. The number of piperidine rings is 1. The van der Waals surface area contributed by atoms with Gasteiger partial charge in [0.2, 0.25) is 5.91 Å². The summed E-state index contributed by atoms with van der Waals surface area (Å²) in [5.74, 6) is 1.25. The van der Waals surface area contributed by atoms with E-state index in [9.17, 15) is 14.4 Å². The molecule has 0 radical (unpaired) electrons. The third-order valence-corrected chi connectivity index (χ3v) is 6.15. The zero-order valence-corrected chi connectivity index (χ0v) is 18.4. The van der Waals surface area contributed by atoms with Crippen molar-refractivity contribution in [3.05, 3.63) is 29.8 Å². The Morgan fingerprint density at radius 2 is 1.80 bits per heavy atom. The molecule has 0 unspecified atom stereocenters. The molecule has 164 valence electrons. The number of esters is 1. The molecule has 1 aliphatic carbocycles. The Morgan fingerprint density at radius 1 is 1.13 bits per heavy atom. The van der Waals surface area contributed by atoms with Crippen molar-refractivity contribution in [2.24, 2.45) is 5.92 Å². The summed E-state index contributed by atoms with van der Waals surface area (Å²) < 4.78 is 10.8. The zero-order chi connectivity index (χ0) is 21.5. The number of thioether (sulfide) groups is 1. The van der Waals surface area contributed by atoms with Crippen LogP contribution < -0.4 is 10.1 Å². The number of hydrogen-bond acceptors (Lipinski definition) is 6. The molecule has 30 heavy (non-hydrogen) atoms. The number of hydrogen-bond donors (Lipinski definition) is 1. The second-order valence-electron chi connectivity index (χ2n) is 7.77. The maximum atomic E-state index is 12.5. The predicted molar refractivity (Wildman–Crippen MR) is 116 cm³/mol. The predicted octanol–water partition coefficient (Wildman–Crippen LogP) is 2.49. The van der Waals surface area contributed by atoms with Crippen LogP contribution in [0.5, 0.6) is 5.75 Å². The van der Waals surface area contributed by atoms with E-state index in [2.05, 4.69) is 5.32 Å². The molecule has 7 nitrogen and oxygen atoms in total. The van der Waals surface area contributed by atoms with Gasteiger partial charge in [0.05, 0.1) is 7.11 Å². The molecule has 1 aromatic rings. The molecule has 3 rings (SSSR count). The quantitative estimate of drug-likeness (QED) is 0.601. The van der Waals surface area contributed by atoms with Crippen molar-refractivity contribution in [2.45, 2.75) is 44.2 Å². The van der Waals surface area contributed by atoms with Gasteiger partial charge in [-0.15, -0.1) is 0 Å². The van der Waals surface area contributed by atoms with E-state index >= 15 is 0 Å². The summed E-state index contributed by atoms with van der Waals surface area (Å²) in [5.41, 5.74) is 0.463. The molecule has 1 aliphatic heterocycles. The van der Waals surface area contributed by atoms with Gasteiger partial charge in [0.25, 0.3) is 5.91 Å². The van der Waals surface area contributed by atoms with E-state index in [1.165, 1.54) is 7.11 Å². The van der Waals surface area contributed by atoms with Crippen molar-refractivity contribution in [3.63, 3.8) is 0 Å². The van der Waals surface area contributed by atoms with E-state index < -0.39 is 12.0 Å². The molecule has 1 saturated heterocycles. The summed E-state index contributed by atoms with van der Waals surface area (Å²) in [6, 6.07) is 6.27. The summed E-state index contributed by atoms with van der Waals surface area (Å²) in [6.07, 6.45) is 6.24. The summed E-state index contributed by atoms with van der Waals surface area (Å²) in [5, 5.41) is 2.74. The van der Waals surface area contributed by atoms with Crippen molar-refractivity contribution < 1.29 is 23.9 Å². The summed E-state index contributed by atoms with van der Waals surface area (Å²) in [6.45, 7) is 1.48. The minimum Gasteiger partial charge on any atom is -0.490 e. The molecule has 1 N–H and O–H groups in total. The number of likely N-dealkylation sites (tertiary alicyclic amines) is 1. The van der Waals surface area contributed by atoms with Crippen molar-refractivity contribution in [1.29, 1.82) is 0 Å². The fourth-order valence-electron chi connectivity index (χ4n) is 3.53. The number of ether oxygens (including phenoxy) is 2. The van der Waals surface area contributed by atoms with E-state index in [1.807, 2.05) is 11.2 Å². The number of benzene rings is 1. The molecule has 0 aromatic heterocycles. The fraction of sp³-hybridized carbons (Fsp3) is 0.591. The molecular weight excluding hydrogens is 404 g/mol. The van der Waals surface area contributed by atoms with Gasteiger partial charge < -0.3 is 19.7 Å². The number of methoxy groups -OCH3 is 1. The Kier molecular flexibility index (Phi) is 8.01. The Morgan fingerprint density at radius 3 is 2.37 bits per heavy atom. The minimum absolute atomic E-state index is 0.0724. The van der Waals surface area contributed by atoms with Crippen LogP contribution in [0.2, 0.25) is 0 Å². The van der Waals surface area contributed by atoms with Crippen LogP contribution in [-0.4, -0.2) is 67.0 Å². The first kappa shape index (κ1) is 22.5. The van der Waals surface area contributed by atoms with E-state index in [1.54, 1.807) is 36.0 Å². The maximum absolute atomic E-state index is 12.5. The number of carbonyl (C=O) groups is 3. The highest BCUT2D eigenvalue weighted by atomic mass is 32.2. The van der Waals surface area contributed by atoms with Crippen LogP contribution in [0, 0.1) is 5.92 Å². The van der Waals surface area contributed by atoms with Crippen LogP contribution in [0.1, 0.15) is 42.5 Å². The topological polar surface area (TPSA) is 84.9 Å². The van der Waals surface area contributed by atoms with Gasteiger partial charge in [-0.25, -0.2) is 4.79 Å². The molecule has 1 heterocycles. The molecule has 2 aliphatic rings. The Balaban J connectivity index is 1.48. The first-order valence-corrected chi connectivity index (χ1v) is 11.8. The number of amides is 2. The van der Waals surface area contributed by atoms with E-state index in [0.29, 0.717) is 23.6 Å². The smallest absolute Gasteiger partial charge is 0.328 e. The third-order valence-electron chi connectivity index (χ3n) is 5.50. The second-order valence-corrected chi connectivity index (χ2v) is 8.76. The van der Waals surface area contributed by atoms with Gasteiger partial charge >= 0.3 is 5.97 Å². The van der Waals surface area contributed by atoms with Crippen molar-refractivity contribution >= 4 is 29.5 Å². The second kappa shape index (κ2) is 10.7. The van der Waals surface area contributed by atoms with Crippen LogP contribution >= 0.6 is 11.8 Å².